The van der Waals surface area contributed by atoms with E-state index < -0.39 is 12.1 Å². The van der Waals surface area contributed by atoms with E-state index in [-0.39, 0.29) is 23.6 Å². The molecular formula is C18H14O4. The highest BCUT2D eigenvalue weighted by atomic mass is 16.5. The Labute approximate surface area is 127 Å². The van der Waals surface area contributed by atoms with Crippen molar-refractivity contribution in [3.8, 4) is 0 Å². The van der Waals surface area contributed by atoms with Gasteiger partial charge in [-0.05, 0) is 29.8 Å². The van der Waals surface area contributed by atoms with E-state index in [0.717, 1.165) is 10.8 Å². The van der Waals surface area contributed by atoms with Crippen molar-refractivity contribution < 1.29 is 19.1 Å². The Morgan fingerprint density at radius 2 is 1.73 bits per heavy atom. The van der Waals surface area contributed by atoms with Crippen molar-refractivity contribution in [2.75, 3.05) is 0 Å². The second kappa shape index (κ2) is 5.22. The number of carbonyl (C=O) groups is 3. The molecule has 1 aliphatic carbocycles. The highest BCUT2D eigenvalue weighted by Crippen LogP contribution is 2.28. The van der Waals surface area contributed by atoms with Crippen molar-refractivity contribution >= 4 is 28.3 Å². The molecule has 0 N–H and O–H groups in total. The number of hydrogen-bond acceptors (Lipinski definition) is 4. The highest BCUT2D eigenvalue weighted by molar-refractivity contribution is 6.18. The lowest BCUT2D eigenvalue weighted by Crippen LogP contribution is -2.35. The Hall–Kier alpha value is -2.75. The summed E-state index contributed by atoms with van der Waals surface area (Å²) in [6, 6.07) is 10.9. The number of Topliss-reactive ketones (excluding diaryl/α,β-unsaturated/α-hetero) is 2. The predicted octanol–water partition coefficient (Wildman–Crippen LogP) is 3.10. The predicted molar refractivity (Wildman–Crippen MR) is 81.9 cm³/mol. The Kier molecular flexibility index (Phi) is 3.37. The summed E-state index contributed by atoms with van der Waals surface area (Å²) in [7, 11) is 0. The third-order valence-corrected chi connectivity index (χ3v) is 3.71. The van der Waals surface area contributed by atoms with E-state index in [0.29, 0.717) is 11.1 Å². The molecule has 0 heterocycles. The lowest BCUT2D eigenvalue weighted by atomic mass is 9.85. The Morgan fingerprint density at radius 3 is 2.32 bits per heavy atom. The molecule has 110 valence electrons. The van der Waals surface area contributed by atoms with Crippen molar-refractivity contribution in [1.29, 1.82) is 0 Å². The molecule has 0 aromatic heterocycles. The third kappa shape index (κ3) is 2.33. The van der Waals surface area contributed by atoms with E-state index in [4.69, 9.17) is 4.74 Å². The van der Waals surface area contributed by atoms with Gasteiger partial charge in [-0.25, -0.2) is 4.79 Å². The molecule has 0 spiro atoms. The van der Waals surface area contributed by atoms with Crippen LogP contribution in [0.3, 0.4) is 0 Å². The lowest BCUT2D eigenvalue weighted by molar-refractivity contribution is -0.142. The first kappa shape index (κ1) is 14.2. The zero-order valence-electron chi connectivity index (χ0n) is 12.1. The fraction of sp³-hybridized carbons (Fsp3) is 0.167. The number of fused-ring (bicyclic) bond motifs is 2. The van der Waals surface area contributed by atoms with Crippen molar-refractivity contribution in [2.45, 2.75) is 19.4 Å². The van der Waals surface area contributed by atoms with Crippen LogP contribution in [-0.2, 0) is 9.53 Å². The summed E-state index contributed by atoms with van der Waals surface area (Å²) in [6.45, 7) is 4.98. The second-order valence-corrected chi connectivity index (χ2v) is 5.41. The molecule has 0 aliphatic heterocycles. The minimum atomic E-state index is -1.06. The van der Waals surface area contributed by atoms with E-state index in [1.165, 1.54) is 6.92 Å². The Morgan fingerprint density at radius 1 is 1.14 bits per heavy atom. The molecule has 22 heavy (non-hydrogen) atoms. The summed E-state index contributed by atoms with van der Waals surface area (Å²) >= 11 is 0. The number of carbonyl (C=O) groups excluding carboxylic acids is 3. The van der Waals surface area contributed by atoms with Crippen molar-refractivity contribution in [2.24, 2.45) is 0 Å². The third-order valence-electron chi connectivity index (χ3n) is 3.71. The van der Waals surface area contributed by atoms with Crippen LogP contribution in [0, 0.1) is 0 Å². The van der Waals surface area contributed by atoms with Gasteiger partial charge >= 0.3 is 5.97 Å². The maximum atomic E-state index is 12.5. The van der Waals surface area contributed by atoms with E-state index in [2.05, 4.69) is 6.58 Å². The molecule has 2 aromatic carbocycles. The van der Waals surface area contributed by atoms with Gasteiger partial charge in [0.1, 0.15) is 0 Å². The van der Waals surface area contributed by atoms with Crippen LogP contribution in [0.1, 0.15) is 34.1 Å². The normalized spacial score (nSPS) is 17.2. The van der Waals surface area contributed by atoms with Gasteiger partial charge in [0.2, 0.25) is 5.78 Å². The molecule has 0 saturated heterocycles. The summed E-state index contributed by atoms with van der Waals surface area (Å²) in [5.41, 5.74) is 0.908. The van der Waals surface area contributed by atoms with Crippen LogP contribution in [0.4, 0.5) is 0 Å². The van der Waals surface area contributed by atoms with E-state index in [1.54, 1.807) is 12.1 Å². The van der Waals surface area contributed by atoms with Gasteiger partial charge < -0.3 is 4.74 Å². The lowest BCUT2D eigenvalue weighted by Gasteiger charge is -2.23. The SMILES string of the molecule is C=C(C)C(=O)OC1CC(=O)c2cc3ccccc3cc2C1=O. The molecule has 1 unspecified atom stereocenters. The van der Waals surface area contributed by atoms with Gasteiger partial charge in [-0.2, -0.15) is 0 Å². The molecule has 0 saturated carbocycles. The van der Waals surface area contributed by atoms with Crippen LogP contribution in [0.2, 0.25) is 0 Å². The molecule has 4 nitrogen and oxygen atoms in total. The average molecular weight is 294 g/mol. The molecular weight excluding hydrogens is 280 g/mol. The first-order valence-electron chi connectivity index (χ1n) is 6.94. The number of hydrogen-bond donors (Lipinski definition) is 0. The number of esters is 1. The summed E-state index contributed by atoms with van der Waals surface area (Å²) in [4.78, 5) is 36.4. The van der Waals surface area contributed by atoms with Crippen LogP contribution >= 0.6 is 0 Å². The summed E-state index contributed by atoms with van der Waals surface area (Å²) in [6.07, 6.45) is -1.19. The minimum Gasteiger partial charge on any atom is -0.450 e. The first-order valence-corrected chi connectivity index (χ1v) is 6.94. The van der Waals surface area contributed by atoms with Gasteiger partial charge in [0.15, 0.2) is 11.9 Å². The van der Waals surface area contributed by atoms with Gasteiger partial charge in [0.25, 0.3) is 0 Å². The van der Waals surface area contributed by atoms with E-state index in [1.807, 2.05) is 24.3 Å². The van der Waals surface area contributed by atoms with E-state index >= 15 is 0 Å². The summed E-state index contributed by atoms with van der Waals surface area (Å²) in [5.74, 6) is -1.19. The van der Waals surface area contributed by atoms with Crippen LogP contribution in [0.25, 0.3) is 10.8 Å². The monoisotopic (exact) mass is 294 g/mol. The number of ketones is 2. The molecule has 0 fully saturated rings. The number of rotatable bonds is 2. The quantitative estimate of drug-likeness (QED) is 0.631. The van der Waals surface area contributed by atoms with Crippen molar-refractivity contribution in [3.05, 3.63) is 59.7 Å². The highest BCUT2D eigenvalue weighted by Gasteiger charge is 2.35. The maximum absolute atomic E-state index is 12.5. The first-order chi connectivity index (χ1) is 10.5. The fourth-order valence-electron chi connectivity index (χ4n) is 2.54. The summed E-state index contributed by atoms with van der Waals surface area (Å²) in [5, 5.41) is 1.77. The topological polar surface area (TPSA) is 60.4 Å². The number of ether oxygens (including phenoxy) is 1. The minimum absolute atomic E-state index is 0.122. The molecule has 1 aliphatic rings. The zero-order chi connectivity index (χ0) is 15.9. The zero-order valence-corrected chi connectivity index (χ0v) is 12.1. The smallest absolute Gasteiger partial charge is 0.333 e. The van der Waals surface area contributed by atoms with Gasteiger partial charge in [-0.1, -0.05) is 30.8 Å². The molecule has 3 rings (SSSR count). The van der Waals surface area contributed by atoms with E-state index in [9.17, 15) is 14.4 Å². The molecule has 0 radical (unpaired) electrons. The fourth-order valence-corrected chi connectivity index (χ4v) is 2.54. The molecule has 4 heteroatoms. The molecule has 0 bridgehead atoms. The van der Waals surface area contributed by atoms with Crippen LogP contribution in [0.5, 0.6) is 0 Å². The molecule has 0 amide bonds. The average Bonchev–Trinajstić information content (AvgIpc) is 2.50. The van der Waals surface area contributed by atoms with Gasteiger partial charge in [0, 0.05) is 16.7 Å². The van der Waals surface area contributed by atoms with Gasteiger partial charge in [-0.3, -0.25) is 9.59 Å². The van der Waals surface area contributed by atoms with Crippen LogP contribution in [-0.4, -0.2) is 23.6 Å². The van der Waals surface area contributed by atoms with Crippen molar-refractivity contribution in [3.63, 3.8) is 0 Å². The Bertz CT molecular complexity index is 832. The second-order valence-electron chi connectivity index (χ2n) is 5.41. The van der Waals surface area contributed by atoms with Crippen LogP contribution < -0.4 is 0 Å². The summed E-state index contributed by atoms with van der Waals surface area (Å²) < 4.78 is 5.10. The van der Waals surface area contributed by atoms with Gasteiger partial charge in [-0.15, -0.1) is 0 Å². The maximum Gasteiger partial charge on any atom is 0.333 e. The number of benzene rings is 2. The Balaban J connectivity index is 2.04. The van der Waals surface area contributed by atoms with Gasteiger partial charge in [0.05, 0.1) is 6.42 Å². The molecule has 1 atom stereocenters. The van der Waals surface area contributed by atoms with Crippen molar-refractivity contribution in [1.82, 2.24) is 0 Å². The van der Waals surface area contributed by atoms with Crippen LogP contribution in [0.15, 0.2) is 48.6 Å². The standard InChI is InChI=1S/C18H14O4/c1-10(2)18(21)22-16-9-15(19)13-7-11-5-3-4-6-12(11)8-14(13)17(16)20/h3-8,16H,1,9H2,2H3. The molecule has 2 aromatic rings. The largest absolute Gasteiger partial charge is 0.450 e.